The Morgan fingerprint density at radius 1 is 1.09 bits per heavy atom. The molecule has 0 saturated carbocycles. The van der Waals surface area contributed by atoms with E-state index in [0.717, 1.165) is 16.7 Å². The number of hydrogen-bond donors (Lipinski definition) is 2. The minimum absolute atomic E-state index is 0.0241. The third kappa shape index (κ3) is 5.78. The average molecular weight is 476 g/mol. The molecular weight excluding hydrogens is 442 g/mol. The van der Waals surface area contributed by atoms with E-state index in [2.05, 4.69) is 10.0 Å². The number of amides is 2. The molecule has 180 valence electrons. The predicted octanol–water partition coefficient (Wildman–Crippen LogP) is 3.40. The summed E-state index contributed by atoms with van der Waals surface area (Å²) in [6.07, 6.45) is 0.620. The first-order valence-electron chi connectivity index (χ1n) is 10.8. The number of aryl methyl sites for hydroxylation is 1. The number of ether oxygens (including phenoxy) is 2. The van der Waals surface area contributed by atoms with Crippen molar-refractivity contribution in [2.75, 3.05) is 27.3 Å². The normalized spacial score (nSPS) is 16.2. The number of carbonyl (C=O) groups excluding carboxylic acids is 1. The highest BCUT2D eigenvalue weighted by molar-refractivity contribution is 7.89. The van der Waals surface area contributed by atoms with E-state index in [-0.39, 0.29) is 17.5 Å². The first kappa shape index (κ1) is 24.9. The van der Waals surface area contributed by atoms with Crippen LogP contribution in [-0.4, -0.2) is 52.2 Å². The van der Waals surface area contributed by atoms with Crippen LogP contribution in [0.25, 0.3) is 0 Å². The topological polar surface area (TPSA) is 97.0 Å². The SMILES string of the molecule is COc1cc2c(cc1OC)C(CNS(=O)(=O)c1ccc(C)cc1)N(C(=O)NC(C)(C)C)CC2. The van der Waals surface area contributed by atoms with Crippen LogP contribution >= 0.6 is 0 Å². The largest absolute Gasteiger partial charge is 0.493 e. The second-order valence-electron chi connectivity index (χ2n) is 9.21. The summed E-state index contributed by atoms with van der Waals surface area (Å²) in [6, 6.07) is 9.62. The van der Waals surface area contributed by atoms with Crippen LogP contribution in [0.2, 0.25) is 0 Å². The second kappa shape index (κ2) is 9.61. The third-order valence-electron chi connectivity index (χ3n) is 5.54. The summed E-state index contributed by atoms with van der Waals surface area (Å²) in [5.41, 5.74) is 2.36. The molecule has 0 radical (unpaired) electrons. The van der Waals surface area contributed by atoms with Crippen LogP contribution in [0.4, 0.5) is 4.79 Å². The molecule has 1 heterocycles. The van der Waals surface area contributed by atoms with Gasteiger partial charge in [-0.05, 0) is 69.5 Å². The smallest absolute Gasteiger partial charge is 0.318 e. The Morgan fingerprint density at radius 3 is 2.27 bits per heavy atom. The molecule has 2 N–H and O–H groups in total. The Morgan fingerprint density at radius 2 is 1.70 bits per heavy atom. The van der Waals surface area contributed by atoms with Gasteiger partial charge in [-0.2, -0.15) is 0 Å². The summed E-state index contributed by atoms with van der Waals surface area (Å²) in [5, 5.41) is 2.99. The lowest BCUT2D eigenvalue weighted by molar-refractivity contribution is 0.161. The maximum atomic E-state index is 13.1. The highest BCUT2D eigenvalue weighted by Gasteiger charge is 2.34. The van der Waals surface area contributed by atoms with Gasteiger partial charge in [-0.15, -0.1) is 0 Å². The fourth-order valence-corrected chi connectivity index (χ4v) is 4.91. The van der Waals surface area contributed by atoms with E-state index in [9.17, 15) is 13.2 Å². The fraction of sp³-hybridized carbons (Fsp3) is 0.458. The number of nitrogens with zero attached hydrogens (tertiary/aromatic N) is 1. The molecule has 0 spiro atoms. The van der Waals surface area contributed by atoms with E-state index in [1.54, 1.807) is 43.4 Å². The Kier molecular flexibility index (Phi) is 7.23. The van der Waals surface area contributed by atoms with Gasteiger partial charge in [0, 0.05) is 18.6 Å². The number of rotatable bonds is 6. The van der Waals surface area contributed by atoms with Gasteiger partial charge in [-0.1, -0.05) is 17.7 Å². The number of fused-ring (bicyclic) bond motifs is 1. The van der Waals surface area contributed by atoms with E-state index >= 15 is 0 Å². The van der Waals surface area contributed by atoms with Gasteiger partial charge in [0.1, 0.15) is 0 Å². The molecule has 0 bridgehead atoms. The Hall–Kier alpha value is -2.78. The molecule has 9 heteroatoms. The summed E-state index contributed by atoms with van der Waals surface area (Å²) < 4.78 is 39.5. The highest BCUT2D eigenvalue weighted by Crippen LogP contribution is 2.38. The van der Waals surface area contributed by atoms with Gasteiger partial charge in [-0.25, -0.2) is 17.9 Å². The van der Waals surface area contributed by atoms with Crippen molar-refractivity contribution in [2.24, 2.45) is 0 Å². The first-order chi connectivity index (χ1) is 15.4. The Bertz CT molecular complexity index is 1110. The van der Waals surface area contributed by atoms with Crippen LogP contribution in [0, 0.1) is 6.92 Å². The van der Waals surface area contributed by atoms with E-state index < -0.39 is 21.6 Å². The number of carbonyl (C=O) groups is 1. The lowest BCUT2D eigenvalue weighted by Crippen LogP contribution is -2.53. The Balaban J connectivity index is 1.97. The molecule has 2 aromatic carbocycles. The summed E-state index contributed by atoms with van der Waals surface area (Å²) in [4.78, 5) is 15.0. The molecule has 2 amide bonds. The molecule has 2 aromatic rings. The van der Waals surface area contributed by atoms with Crippen LogP contribution in [-0.2, 0) is 16.4 Å². The molecule has 8 nitrogen and oxygen atoms in total. The molecule has 1 unspecified atom stereocenters. The van der Waals surface area contributed by atoms with Gasteiger partial charge in [0.15, 0.2) is 11.5 Å². The molecule has 0 saturated heterocycles. The van der Waals surface area contributed by atoms with Crippen molar-refractivity contribution in [3.05, 3.63) is 53.1 Å². The van der Waals surface area contributed by atoms with Crippen LogP contribution in [0.5, 0.6) is 11.5 Å². The van der Waals surface area contributed by atoms with E-state index in [1.807, 2.05) is 39.8 Å². The summed E-state index contributed by atoms with van der Waals surface area (Å²) in [6.45, 7) is 8.09. The third-order valence-corrected chi connectivity index (χ3v) is 6.98. The highest BCUT2D eigenvalue weighted by atomic mass is 32.2. The van der Waals surface area contributed by atoms with Gasteiger partial charge < -0.3 is 19.7 Å². The first-order valence-corrected chi connectivity index (χ1v) is 12.3. The fourth-order valence-electron chi connectivity index (χ4n) is 3.87. The van der Waals surface area contributed by atoms with Crippen molar-refractivity contribution in [3.8, 4) is 11.5 Å². The zero-order valence-electron chi connectivity index (χ0n) is 20.1. The number of hydrogen-bond acceptors (Lipinski definition) is 5. The van der Waals surface area contributed by atoms with Gasteiger partial charge in [0.05, 0.1) is 25.2 Å². The second-order valence-corrected chi connectivity index (χ2v) is 11.0. The van der Waals surface area contributed by atoms with Crippen molar-refractivity contribution in [1.82, 2.24) is 14.9 Å². The Labute approximate surface area is 196 Å². The van der Waals surface area contributed by atoms with Gasteiger partial charge in [0.2, 0.25) is 10.0 Å². The number of nitrogens with one attached hydrogen (secondary N) is 2. The van der Waals surface area contributed by atoms with E-state index in [0.29, 0.717) is 24.5 Å². The molecule has 1 atom stereocenters. The van der Waals surface area contributed by atoms with E-state index in [4.69, 9.17) is 9.47 Å². The molecule has 1 aliphatic heterocycles. The molecule has 0 aromatic heterocycles. The van der Waals surface area contributed by atoms with Gasteiger partial charge in [-0.3, -0.25) is 0 Å². The molecular formula is C24H33N3O5S. The monoisotopic (exact) mass is 475 g/mol. The lowest BCUT2D eigenvalue weighted by atomic mass is 9.92. The van der Waals surface area contributed by atoms with Crippen molar-refractivity contribution in [3.63, 3.8) is 0 Å². The molecule has 0 fully saturated rings. The molecule has 1 aliphatic rings. The summed E-state index contributed by atoms with van der Waals surface area (Å²) >= 11 is 0. The van der Waals surface area contributed by atoms with Crippen LogP contribution in [0.15, 0.2) is 41.3 Å². The molecule has 33 heavy (non-hydrogen) atoms. The maximum absolute atomic E-state index is 13.1. The summed E-state index contributed by atoms with van der Waals surface area (Å²) in [5.74, 6) is 1.13. The zero-order valence-corrected chi connectivity index (χ0v) is 20.9. The van der Waals surface area contributed by atoms with Gasteiger partial charge in [0.25, 0.3) is 0 Å². The average Bonchev–Trinajstić information content (AvgIpc) is 2.75. The minimum Gasteiger partial charge on any atom is -0.493 e. The minimum atomic E-state index is -3.76. The summed E-state index contributed by atoms with van der Waals surface area (Å²) in [7, 11) is -0.635. The van der Waals surface area contributed by atoms with Crippen molar-refractivity contribution in [1.29, 1.82) is 0 Å². The van der Waals surface area contributed by atoms with Crippen molar-refractivity contribution < 1.29 is 22.7 Å². The van der Waals surface area contributed by atoms with Crippen LogP contribution in [0.1, 0.15) is 43.5 Å². The predicted molar refractivity (Wildman–Crippen MR) is 127 cm³/mol. The van der Waals surface area contributed by atoms with Crippen LogP contribution < -0.4 is 19.5 Å². The van der Waals surface area contributed by atoms with Crippen molar-refractivity contribution >= 4 is 16.1 Å². The maximum Gasteiger partial charge on any atom is 0.318 e. The molecule has 0 aliphatic carbocycles. The molecule has 3 rings (SSSR count). The standard InChI is InChI=1S/C24H33N3O5S/c1-16-7-9-18(10-8-16)33(29,30)25-15-20-19-14-22(32-6)21(31-5)13-17(19)11-12-27(20)23(28)26-24(2,3)4/h7-10,13-14,20,25H,11-12,15H2,1-6H3,(H,26,28). The van der Waals surface area contributed by atoms with Gasteiger partial charge >= 0.3 is 6.03 Å². The zero-order chi connectivity index (χ0) is 24.4. The quantitative estimate of drug-likeness (QED) is 0.668. The number of benzene rings is 2. The van der Waals surface area contributed by atoms with E-state index in [1.165, 1.54) is 0 Å². The number of sulfonamides is 1. The van der Waals surface area contributed by atoms with Crippen LogP contribution in [0.3, 0.4) is 0 Å². The number of urea groups is 1. The number of methoxy groups -OCH3 is 2. The van der Waals surface area contributed by atoms with Crippen molar-refractivity contribution in [2.45, 2.75) is 50.6 Å². The lowest BCUT2D eigenvalue weighted by Gasteiger charge is -2.39.